The third-order valence-corrected chi connectivity index (χ3v) is 8.30. The van der Waals surface area contributed by atoms with E-state index in [0.717, 1.165) is 33.5 Å². The van der Waals surface area contributed by atoms with Crippen LogP contribution in [0.5, 0.6) is 11.5 Å². The van der Waals surface area contributed by atoms with Crippen molar-refractivity contribution in [3.05, 3.63) is 129 Å². The fourth-order valence-corrected chi connectivity index (χ4v) is 5.90. The Morgan fingerprint density at radius 1 is 0.735 bits per heavy atom. The van der Waals surface area contributed by atoms with Gasteiger partial charge in [-0.15, -0.1) is 0 Å². The molecular formula is C34H31Cl2I7NO5-. The SMILES string of the molecule is COc1ccc(C2CC2c2ccc(C(N)=O)cc2)c(Cl)c1.COc1ccc(C2CC2c2ccccc2)c(Cl)c1.II(I)I.I[I-]I.O=C=O. The molecule has 0 aliphatic heterocycles. The van der Waals surface area contributed by atoms with E-state index in [0.29, 0.717) is 42.5 Å². The summed E-state index contributed by atoms with van der Waals surface area (Å²) in [4.78, 5) is 27.3. The number of nitrogens with two attached hydrogens (primary N) is 1. The molecule has 4 atom stereocenters. The summed E-state index contributed by atoms with van der Waals surface area (Å²) < 4.78 is 10.3. The number of amides is 1. The number of carbonyl (C=O) groups excluding carboxylic acids is 3. The monoisotopic (exact) mass is 1490 g/mol. The Labute approximate surface area is 363 Å². The van der Waals surface area contributed by atoms with E-state index >= 15 is 0 Å². The van der Waals surface area contributed by atoms with Crippen molar-refractivity contribution in [2.75, 3.05) is 14.2 Å². The standard InChI is InChI=1S/C17H16ClNO2.C16H15ClO.CO2.I4.I3/c1-21-12-6-7-13(16(18)8-12)15-9-14(15)10-2-4-11(5-3-10)17(19)20;1-18-12-7-8-13(16(17)9-12)15-10-14(15)11-5-3-2-4-6-11;2-1-3;1-4(2)3;1-3-2/h2-8,14-15H,9H2,1H3,(H2,19,20);2-9,14-15H,10H2,1H3;;;/q;;;;-1. The van der Waals surface area contributed by atoms with E-state index in [1.54, 1.807) is 26.4 Å². The molecule has 4 aromatic carbocycles. The fourth-order valence-electron chi connectivity index (χ4n) is 5.28. The van der Waals surface area contributed by atoms with Crippen LogP contribution in [0.15, 0.2) is 91.0 Å². The van der Waals surface area contributed by atoms with E-state index in [9.17, 15) is 4.79 Å². The van der Waals surface area contributed by atoms with E-state index in [2.05, 4.69) is 129 Å². The number of hydrogen-bond donors (Lipinski definition) is 1. The van der Waals surface area contributed by atoms with Gasteiger partial charge in [-0.05, 0) is 95.2 Å². The fraction of sp³-hybridized carbons (Fsp3) is 0.235. The molecule has 0 heterocycles. The van der Waals surface area contributed by atoms with Gasteiger partial charge in [0.2, 0.25) is 5.91 Å². The number of carbonyl (C=O) groups is 1. The van der Waals surface area contributed by atoms with Crippen LogP contribution in [0.4, 0.5) is 0 Å². The maximum absolute atomic E-state index is 11.1. The molecule has 2 fully saturated rings. The second kappa shape index (κ2) is 25.2. The first-order valence-corrected chi connectivity index (χ1v) is 46.3. The molecule has 0 spiro atoms. The van der Waals surface area contributed by atoms with Gasteiger partial charge in [-0.2, -0.15) is 9.59 Å². The summed E-state index contributed by atoms with van der Waals surface area (Å²) in [5.74, 6) is 3.27. The molecule has 49 heavy (non-hydrogen) atoms. The van der Waals surface area contributed by atoms with Crippen LogP contribution in [0.3, 0.4) is 0 Å². The molecule has 0 radical (unpaired) electrons. The molecule has 0 bridgehead atoms. The number of benzene rings is 4. The van der Waals surface area contributed by atoms with Crippen molar-refractivity contribution in [1.82, 2.24) is 0 Å². The topological polar surface area (TPSA) is 95.7 Å². The van der Waals surface area contributed by atoms with E-state index in [1.807, 2.05) is 42.5 Å². The Hall–Kier alpha value is 1.02. The van der Waals surface area contributed by atoms with Crippen LogP contribution in [-0.2, 0) is 9.59 Å². The van der Waals surface area contributed by atoms with Crippen molar-refractivity contribution in [3.63, 3.8) is 0 Å². The number of ether oxygens (including phenoxy) is 2. The summed E-state index contributed by atoms with van der Waals surface area (Å²) in [6.45, 7) is 0. The van der Waals surface area contributed by atoms with E-state index < -0.39 is 5.91 Å². The molecule has 2 saturated carbocycles. The summed E-state index contributed by atoms with van der Waals surface area (Å²) in [5, 5.41) is 1.56. The predicted octanol–water partition coefficient (Wildman–Crippen LogP) is 10.1. The first-order chi connectivity index (χ1) is 23.4. The van der Waals surface area contributed by atoms with Crippen molar-refractivity contribution < 1.29 is 37.1 Å². The third-order valence-electron chi connectivity index (χ3n) is 7.65. The molecule has 15 heteroatoms. The average Bonchev–Trinajstić information content (AvgIpc) is 4.02. The molecular weight excluding hydrogens is 1460 g/mol. The number of hydrogen-bond acceptors (Lipinski definition) is 5. The molecule has 4 unspecified atom stereocenters. The third kappa shape index (κ3) is 16.5. The summed E-state index contributed by atoms with van der Waals surface area (Å²) in [7, 11) is 2.94. The van der Waals surface area contributed by atoms with Gasteiger partial charge < -0.3 is 15.2 Å². The summed E-state index contributed by atoms with van der Waals surface area (Å²) in [6, 6.07) is 30.0. The Bertz CT molecular complexity index is 1640. The number of halogens is 9. The minimum absolute atomic E-state index is 0.250. The number of methoxy groups -OCH3 is 2. The van der Waals surface area contributed by atoms with Crippen molar-refractivity contribution >= 4 is 136 Å². The number of rotatable bonds is 7. The van der Waals surface area contributed by atoms with E-state index in [1.165, 1.54) is 23.1 Å². The van der Waals surface area contributed by atoms with Gasteiger partial charge in [0, 0.05) is 15.6 Å². The Kier molecular flexibility index (Phi) is 23.7. The van der Waals surface area contributed by atoms with Crippen LogP contribution in [0.1, 0.15) is 69.1 Å². The van der Waals surface area contributed by atoms with Crippen molar-refractivity contribution in [2.45, 2.75) is 36.5 Å². The summed E-state index contributed by atoms with van der Waals surface area (Å²) >= 11 is 25.4. The summed E-state index contributed by atoms with van der Waals surface area (Å²) in [5.41, 5.74) is 10.8. The van der Waals surface area contributed by atoms with Crippen molar-refractivity contribution in [2.24, 2.45) is 5.73 Å². The second-order valence-electron chi connectivity index (χ2n) is 10.4. The van der Waals surface area contributed by atoms with Crippen LogP contribution >= 0.6 is 124 Å². The Morgan fingerprint density at radius 2 is 1.10 bits per heavy atom. The van der Waals surface area contributed by atoms with Crippen molar-refractivity contribution in [1.29, 1.82) is 0 Å². The van der Waals surface area contributed by atoms with E-state index in [-0.39, 0.29) is 14.0 Å². The van der Waals surface area contributed by atoms with Crippen LogP contribution in [-0.4, -0.2) is 26.3 Å². The van der Waals surface area contributed by atoms with Crippen LogP contribution in [0.2, 0.25) is 10.0 Å². The van der Waals surface area contributed by atoms with Crippen molar-refractivity contribution in [3.8, 4) is 11.5 Å². The molecule has 6 rings (SSSR count). The first kappa shape index (κ1) is 46.2. The zero-order valence-corrected chi connectivity index (χ0v) is 42.5. The Morgan fingerprint density at radius 3 is 1.43 bits per heavy atom. The molecule has 6 nitrogen and oxygen atoms in total. The van der Waals surface area contributed by atoms with Gasteiger partial charge in [0.15, 0.2) is 0 Å². The molecule has 2 aliphatic rings. The maximum atomic E-state index is 11.1. The van der Waals surface area contributed by atoms with Gasteiger partial charge in [-0.25, -0.2) is 0 Å². The van der Waals surface area contributed by atoms with Gasteiger partial charge in [0.1, 0.15) is 11.5 Å². The van der Waals surface area contributed by atoms with Gasteiger partial charge >= 0.3 is 120 Å². The predicted molar refractivity (Wildman–Crippen MR) is 247 cm³/mol. The average molecular weight is 1490 g/mol. The molecule has 0 aromatic heterocycles. The van der Waals surface area contributed by atoms with E-state index in [4.69, 9.17) is 48.0 Å². The largest absolute Gasteiger partial charge is 0.373 e. The van der Waals surface area contributed by atoms with Gasteiger partial charge in [0.05, 0.1) is 14.2 Å². The molecule has 2 aliphatic carbocycles. The van der Waals surface area contributed by atoms with Gasteiger partial charge in [0.25, 0.3) is 0 Å². The molecule has 2 N–H and O–H groups in total. The van der Waals surface area contributed by atoms with Crippen LogP contribution in [0.25, 0.3) is 0 Å². The normalized spacial score (nSPS) is 18.1. The maximum Gasteiger partial charge on any atom is 0.373 e. The zero-order valence-electron chi connectivity index (χ0n) is 25.9. The molecule has 1 amide bonds. The van der Waals surface area contributed by atoms with Crippen LogP contribution in [0, 0.1) is 0 Å². The molecule has 266 valence electrons. The van der Waals surface area contributed by atoms with Crippen LogP contribution < -0.4 is 28.5 Å². The Balaban J connectivity index is 0.000000270. The minimum atomic E-state index is -0.396. The first-order valence-electron chi connectivity index (χ1n) is 14.1. The quantitative estimate of drug-likeness (QED) is 0.186. The smallest absolute Gasteiger partial charge is 0.186 e. The zero-order chi connectivity index (χ0) is 36.5. The molecule has 4 aromatic rings. The summed E-state index contributed by atoms with van der Waals surface area (Å²) in [6.07, 6.45) is 2.51. The minimum Gasteiger partial charge on any atom is -0.186 e. The molecule has 0 saturated heterocycles. The van der Waals surface area contributed by atoms with Gasteiger partial charge in [-0.3, -0.25) is 4.79 Å². The number of primary amides is 1. The second-order valence-corrected chi connectivity index (χ2v) is 76.2. The van der Waals surface area contributed by atoms with Gasteiger partial charge in [-0.1, -0.05) is 77.8 Å².